The molecule has 2 unspecified atom stereocenters. The van der Waals surface area contributed by atoms with Gasteiger partial charge < -0.3 is 10.2 Å². The minimum atomic E-state index is -4.49. The Labute approximate surface area is 149 Å². The van der Waals surface area contributed by atoms with E-state index in [1.54, 1.807) is 4.90 Å². The first-order valence-electron chi connectivity index (χ1n) is 8.71. The molecule has 2 fully saturated rings. The molecule has 0 saturated carbocycles. The molecule has 10 heteroatoms. The van der Waals surface area contributed by atoms with Gasteiger partial charge in [-0.05, 0) is 26.7 Å². The molecule has 0 bridgehead atoms. The average molecular weight is 372 g/mol. The monoisotopic (exact) mass is 372 g/mol. The van der Waals surface area contributed by atoms with Crippen molar-refractivity contribution < 1.29 is 18.0 Å². The van der Waals surface area contributed by atoms with Crippen LogP contribution >= 0.6 is 0 Å². The Morgan fingerprint density at radius 1 is 1.19 bits per heavy atom. The maximum absolute atomic E-state index is 12.8. The summed E-state index contributed by atoms with van der Waals surface area (Å²) in [5.74, 6) is 0.120. The second kappa shape index (κ2) is 7.36. The molecule has 0 aliphatic carbocycles. The van der Waals surface area contributed by atoms with Crippen molar-refractivity contribution in [2.24, 2.45) is 5.92 Å². The van der Waals surface area contributed by atoms with Gasteiger partial charge in [-0.2, -0.15) is 13.2 Å². The summed E-state index contributed by atoms with van der Waals surface area (Å²) in [6, 6.07) is 1.08. The van der Waals surface area contributed by atoms with Gasteiger partial charge in [-0.1, -0.05) is 0 Å². The third-order valence-electron chi connectivity index (χ3n) is 5.03. The van der Waals surface area contributed by atoms with Gasteiger partial charge in [-0.15, -0.1) is 0 Å². The number of alkyl halides is 3. The van der Waals surface area contributed by atoms with Crippen molar-refractivity contribution >= 4 is 11.7 Å². The van der Waals surface area contributed by atoms with Crippen LogP contribution < -0.4 is 21.1 Å². The van der Waals surface area contributed by atoms with Gasteiger partial charge in [0.05, 0.1) is 5.92 Å². The number of nitrogens with one attached hydrogen (secondary N) is 3. The molecule has 0 spiro atoms. The molecule has 7 nitrogen and oxygen atoms in total. The molecule has 1 aromatic heterocycles. The van der Waals surface area contributed by atoms with Crippen molar-refractivity contribution in [1.82, 2.24) is 26.1 Å². The van der Waals surface area contributed by atoms with Crippen LogP contribution in [-0.2, 0) is 11.0 Å². The first-order chi connectivity index (χ1) is 12.3. The number of carbonyl (C=O) groups is 1. The van der Waals surface area contributed by atoms with Gasteiger partial charge in [-0.25, -0.2) is 9.97 Å². The minimum Gasteiger partial charge on any atom is -0.356 e. The smallest absolute Gasteiger partial charge is 0.356 e. The van der Waals surface area contributed by atoms with Crippen LogP contribution in [0.5, 0.6) is 0 Å². The molecule has 3 rings (SSSR count). The number of hydrogen-bond donors (Lipinski definition) is 3. The predicted octanol–water partition coefficient (Wildman–Crippen LogP) is 1.08. The number of amides is 1. The van der Waals surface area contributed by atoms with Crippen molar-refractivity contribution in [3.05, 3.63) is 18.1 Å². The maximum atomic E-state index is 12.8. The van der Waals surface area contributed by atoms with Crippen molar-refractivity contribution in [1.29, 1.82) is 0 Å². The van der Waals surface area contributed by atoms with Crippen LogP contribution in [0.1, 0.15) is 32.4 Å². The van der Waals surface area contributed by atoms with E-state index in [0.717, 1.165) is 12.4 Å². The molecule has 0 radical (unpaired) electrons. The fourth-order valence-electron chi connectivity index (χ4n) is 3.55. The van der Waals surface area contributed by atoms with Gasteiger partial charge in [0.2, 0.25) is 5.91 Å². The number of piperidine rings is 1. The Hall–Kier alpha value is -1.94. The number of hydrazine groups is 1. The van der Waals surface area contributed by atoms with Gasteiger partial charge in [0.1, 0.15) is 17.8 Å². The van der Waals surface area contributed by atoms with Crippen LogP contribution in [0.2, 0.25) is 0 Å². The highest BCUT2D eigenvalue weighted by molar-refractivity contribution is 5.80. The normalized spacial score (nSPS) is 27.6. The summed E-state index contributed by atoms with van der Waals surface area (Å²) in [4.78, 5) is 21.5. The van der Waals surface area contributed by atoms with Gasteiger partial charge in [0.15, 0.2) is 0 Å². The number of rotatable bonds is 3. The third kappa shape index (κ3) is 4.07. The van der Waals surface area contributed by atoms with Crippen molar-refractivity contribution in [2.75, 3.05) is 18.0 Å². The first-order valence-corrected chi connectivity index (χ1v) is 8.71. The zero-order valence-electron chi connectivity index (χ0n) is 14.7. The topological polar surface area (TPSA) is 82.2 Å². The largest absolute Gasteiger partial charge is 0.433 e. The molecule has 1 aromatic rings. The van der Waals surface area contributed by atoms with Crippen LogP contribution in [0.4, 0.5) is 19.0 Å². The predicted molar refractivity (Wildman–Crippen MR) is 89.1 cm³/mol. The third-order valence-corrected chi connectivity index (χ3v) is 5.03. The van der Waals surface area contributed by atoms with Crippen LogP contribution in [0.15, 0.2) is 12.4 Å². The lowest BCUT2D eigenvalue weighted by atomic mass is 9.94. The highest BCUT2D eigenvalue weighted by Crippen LogP contribution is 2.29. The fourth-order valence-corrected chi connectivity index (χ4v) is 3.55. The van der Waals surface area contributed by atoms with Gasteiger partial charge >= 0.3 is 6.18 Å². The van der Waals surface area contributed by atoms with Crippen LogP contribution in [-0.4, -0.2) is 47.1 Å². The summed E-state index contributed by atoms with van der Waals surface area (Å²) in [6.07, 6.45) is -2.23. The molecule has 0 aromatic carbocycles. The Kier molecular flexibility index (Phi) is 5.33. The Bertz CT molecular complexity index is 637. The summed E-state index contributed by atoms with van der Waals surface area (Å²) in [5.41, 5.74) is 5.17. The van der Waals surface area contributed by atoms with Gasteiger partial charge in [0.25, 0.3) is 0 Å². The van der Waals surface area contributed by atoms with E-state index in [0.29, 0.717) is 25.9 Å². The Morgan fingerprint density at radius 3 is 2.38 bits per heavy atom. The average Bonchev–Trinajstić information content (AvgIpc) is 2.93. The summed E-state index contributed by atoms with van der Waals surface area (Å²) in [7, 11) is 0. The molecule has 2 aliphatic heterocycles. The summed E-state index contributed by atoms with van der Waals surface area (Å²) < 4.78 is 38.4. The minimum absolute atomic E-state index is 0.00217. The second-order valence-corrected chi connectivity index (χ2v) is 6.92. The maximum Gasteiger partial charge on any atom is 0.433 e. The number of carbonyl (C=O) groups excluding carboxylic acids is 1. The zero-order valence-corrected chi connectivity index (χ0v) is 14.7. The highest BCUT2D eigenvalue weighted by atomic mass is 19.4. The highest BCUT2D eigenvalue weighted by Gasteiger charge is 2.37. The van der Waals surface area contributed by atoms with E-state index in [9.17, 15) is 18.0 Å². The molecule has 2 atom stereocenters. The van der Waals surface area contributed by atoms with E-state index in [1.165, 1.54) is 0 Å². The van der Waals surface area contributed by atoms with Crippen LogP contribution in [0.3, 0.4) is 0 Å². The molecule has 2 aliphatic rings. The molecule has 26 heavy (non-hydrogen) atoms. The number of halogens is 3. The van der Waals surface area contributed by atoms with Crippen LogP contribution in [0, 0.1) is 5.92 Å². The van der Waals surface area contributed by atoms with E-state index in [2.05, 4.69) is 26.1 Å². The first kappa shape index (κ1) is 18.8. The standard InChI is InChI=1S/C16H23F3N6O/c1-9-14(10(2)24-23-9)15(26)22-11-3-5-25(6-4-11)13-7-12(16(17,18)19)20-8-21-13/h7-11,14,23-24H,3-6H2,1-2H3,(H,22,26). The Morgan fingerprint density at radius 2 is 1.81 bits per heavy atom. The molecule has 3 heterocycles. The Balaban J connectivity index is 1.55. The fraction of sp³-hybridized carbons (Fsp3) is 0.688. The van der Waals surface area contributed by atoms with E-state index >= 15 is 0 Å². The number of hydrogen-bond acceptors (Lipinski definition) is 6. The summed E-state index contributed by atoms with van der Waals surface area (Å²) in [6.45, 7) is 4.98. The van der Waals surface area contributed by atoms with Gasteiger partial charge in [0, 0.05) is 37.3 Å². The lowest BCUT2D eigenvalue weighted by molar-refractivity contribution is -0.141. The van der Waals surface area contributed by atoms with Crippen molar-refractivity contribution in [2.45, 2.75) is 51.0 Å². The van der Waals surface area contributed by atoms with E-state index in [-0.39, 0.29) is 35.8 Å². The molecular formula is C16H23F3N6O. The number of nitrogens with zero attached hydrogens (tertiary/aromatic N) is 3. The van der Waals surface area contributed by atoms with E-state index in [4.69, 9.17) is 0 Å². The van der Waals surface area contributed by atoms with E-state index in [1.807, 2.05) is 13.8 Å². The summed E-state index contributed by atoms with van der Waals surface area (Å²) in [5, 5.41) is 3.07. The summed E-state index contributed by atoms with van der Waals surface area (Å²) >= 11 is 0. The lowest BCUT2D eigenvalue weighted by Gasteiger charge is -2.34. The van der Waals surface area contributed by atoms with Gasteiger partial charge in [-0.3, -0.25) is 15.6 Å². The second-order valence-electron chi connectivity index (χ2n) is 6.92. The van der Waals surface area contributed by atoms with E-state index < -0.39 is 11.9 Å². The quantitative estimate of drug-likeness (QED) is 0.737. The van der Waals surface area contributed by atoms with Crippen molar-refractivity contribution in [3.8, 4) is 0 Å². The SMILES string of the molecule is CC1NNC(C)C1C(=O)NC1CCN(c2cc(C(F)(F)F)ncn2)CC1. The van der Waals surface area contributed by atoms with Crippen molar-refractivity contribution in [3.63, 3.8) is 0 Å². The molecule has 2 saturated heterocycles. The molecule has 1 amide bonds. The number of aromatic nitrogens is 2. The van der Waals surface area contributed by atoms with Crippen LogP contribution in [0.25, 0.3) is 0 Å². The molecule has 3 N–H and O–H groups in total. The zero-order chi connectivity index (χ0) is 18.9. The number of anilines is 1. The lowest BCUT2D eigenvalue weighted by Crippen LogP contribution is -2.49. The molecule has 144 valence electrons. The molecular weight excluding hydrogens is 349 g/mol.